The summed E-state index contributed by atoms with van der Waals surface area (Å²) in [6, 6.07) is 4.77. The minimum absolute atomic E-state index is 0.0627. The van der Waals surface area contributed by atoms with Crippen LogP contribution in [-0.2, 0) is 13.5 Å². The van der Waals surface area contributed by atoms with E-state index in [0.29, 0.717) is 22.8 Å². The van der Waals surface area contributed by atoms with Crippen molar-refractivity contribution in [3.63, 3.8) is 0 Å². The molecule has 3 aromatic rings. The van der Waals surface area contributed by atoms with Gasteiger partial charge in [0.2, 0.25) is 0 Å². The number of hydrogen-bond acceptors (Lipinski definition) is 5. The van der Waals surface area contributed by atoms with Crippen LogP contribution < -0.4 is 5.73 Å². The zero-order valence-corrected chi connectivity index (χ0v) is 11.8. The SMILES string of the molecule is Cn1ncc(-c2nc(Cc3cccc(Cl)c3F)no2)c1N. The minimum Gasteiger partial charge on any atom is -0.383 e. The predicted molar refractivity (Wildman–Crippen MR) is 75.1 cm³/mol. The van der Waals surface area contributed by atoms with Gasteiger partial charge >= 0.3 is 0 Å². The summed E-state index contributed by atoms with van der Waals surface area (Å²) in [5.41, 5.74) is 6.78. The molecule has 0 atom stereocenters. The van der Waals surface area contributed by atoms with Crippen molar-refractivity contribution < 1.29 is 8.91 Å². The lowest BCUT2D eigenvalue weighted by atomic mass is 10.1. The third-order valence-electron chi connectivity index (χ3n) is 3.06. The number of nitrogens with two attached hydrogens (primary N) is 1. The number of benzene rings is 1. The molecule has 0 unspecified atom stereocenters. The second-order valence-corrected chi connectivity index (χ2v) is 4.88. The number of anilines is 1. The Bertz CT molecular complexity index is 798. The maximum Gasteiger partial charge on any atom is 0.263 e. The van der Waals surface area contributed by atoms with Crippen LogP contribution in [0.15, 0.2) is 28.9 Å². The van der Waals surface area contributed by atoms with Crippen LogP contribution >= 0.6 is 11.6 Å². The van der Waals surface area contributed by atoms with E-state index in [1.165, 1.54) is 16.9 Å². The van der Waals surface area contributed by atoms with Crippen molar-refractivity contribution in [1.29, 1.82) is 0 Å². The fourth-order valence-corrected chi connectivity index (χ4v) is 2.10. The number of nitrogens with zero attached hydrogens (tertiary/aromatic N) is 4. The molecule has 0 aliphatic carbocycles. The highest BCUT2D eigenvalue weighted by Crippen LogP contribution is 2.24. The van der Waals surface area contributed by atoms with E-state index >= 15 is 0 Å². The fourth-order valence-electron chi connectivity index (χ4n) is 1.90. The topological polar surface area (TPSA) is 82.8 Å². The molecule has 3 rings (SSSR count). The number of aromatic nitrogens is 4. The summed E-state index contributed by atoms with van der Waals surface area (Å²) in [5, 5.41) is 7.88. The maximum absolute atomic E-state index is 13.8. The van der Waals surface area contributed by atoms with Crippen LogP contribution in [-0.4, -0.2) is 19.9 Å². The van der Waals surface area contributed by atoms with E-state index in [2.05, 4.69) is 15.2 Å². The first kappa shape index (κ1) is 13.6. The fraction of sp³-hybridized carbons (Fsp3) is 0.154. The first-order chi connectivity index (χ1) is 10.1. The number of hydrogen-bond donors (Lipinski definition) is 1. The molecule has 0 fully saturated rings. The highest BCUT2D eigenvalue weighted by Gasteiger charge is 2.16. The van der Waals surface area contributed by atoms with Gasteiger partial charge in [-0.3, -0.25) is 4.68 Å². The van der Waals surface area contributed by atoms with E-state index < -0.39 is 5.82 Å². The first-order valence-corrected chi connectivity index (χ1v) is 6.47. The molecule has 6 nitrogen and oxygen atoms in total. The molecular formula is C13H11ClFN5O. The van der Waals surface area contributed by atoms with Crippen molar-refractivity contribution in [3.05, 3.63) is 46.6 Å². The molecule has 0 aliphatic heterocycles. The molecule has 0 saturated carbocycles. The van der Waals surface area contributed by atoms with Gasteiger partial charge in [-0.05, 0) is 11.6 Å². The second kappa shape index (κ2) is 5.17. The Morgan fingerprint density at radius 2 is 2.24 bits per heavy atom. The average molecular weight is 308 g/mol. The number of nitrogen functional groups attached to an aromatic ring is 1. The van der Waals surface area contributed by atoms with Crippen LogP contribution in [0.5, 0.6) is 0 Å². The Balaban J connectivity index is 1.89. The molecule has 2 heterocycles. The molecule has 2 aromatic heterocycles. The summed E-state index contributed by atoms with van der Waals surface area (Å²) >= 11 is 5.74. The van der Waals surface area contributed by atoms with Crippen molar-refractivity contribution in [2.75, 3.05) is 5.73 Å². The van der Waals surface area contributed by atoms with E-state index in [1.54, 1.807) is 19.2 Å². The lowest BCUT2D eigenvalue weighted by Crippen LogP contribution is -1.98. The zero-order chi connectivity index (χ0) is 15.0. The smallest absolute Gasteiger partial charge is 0.263 e. The van der Waals surface area contributed by atoms with Crippen LogP contribution in [0.1, 0.15) is 11.4 Å². The van der Waals surface area contributed by atoms with Gasteiger partial charge in [0, 0.05) is 13.5 Å². The Kier molecular flexibility index (Phi) is 3.34. The third-order valence-corrected chi connectivity index (χ3v) is 3.36. The summed E-state index contributed by atoms with van der Waals surface area (Å²) in [6.45, 7) is 0. The molecule has 0 amide bonds. The van der Waals surface area contributed by atoms with E-state index in [9.17, 15) is 4.39 Å². The monoisotopic (exact) mass is 307 g/mol. The quantitative estimate of drug-likeness (QED) is 0.803. The molecule has 0 spiro atoms. The average Bonchev–Trinajstić information content (AvgIpc) is 3.04. The third kappa shape index (κ3) is 2.47. The van der Waals surface area contributed by atoms with Gasteiger partial charge in [-0.25, -0.2) is 4.39 Å². The summed E-state index contributed by atoms with van der Waals surface area (Å²) in [6.07, 6.45) is 1.71. The lowest BCUT2D eigenvalue weighted by molar-refractivity contribution is 0.423. The lowest BCUT2D eigenvalue weighted by Gasteiger charge is -2.00. The van der Waals surface area contributed by atoms with E-state index in [4.69, 9.17) is 21.9 Å². The van der Waals surface area contributed by atoms with Crippen molar-refractivity contribution in [3.8, 4) is 11.5 Å². The van der Waals surface area contributed by atoms with Gasteiger partial charge < -0.3 is 10.3 Å². The van der Waals surface area contributed by atoms with Crippen LogP contribution in [0.3, 0.4) is 0 Å². The standard InChI is InChI=1S/C13H11ClFN5O/c1-20-12(16)8(6-17-20)13-18-10(19-21-13)5-7-3-2-4-9(14)11(7)15/h2-4,6H,5,16H2,1H3. The Hall–Kier alpha value is -2.41. The van der Waals surface area contributed by atoms with Gasteiger partial charge in [0.1, 0.15) is 17.2 Å². The highest BCUT2D eigenvalue weighted by atomic mass is 35.5. The zero-order valence-electron chi connectivity index (χ0n) is 11.0. The predicted octanol–water partition coefficient (Wildman–Crippen LogP) is 2.44. The maximum atomic E-state index is 13.8. The summed E-state index contributed by atoms with van der Waals surface area (Å²) in [5.74, 6) is 0.526. The van der Waals surface area contributed by atoms with Crippen molar-refractivity contribution in [1.82, 2.24) is 19.9 Å². The van der Waals surface area contributed by atoms with Crippen LogP contribution in [0.25, 0.3) is 11.5 Å². The summed E-state index contributed by atoms with van der Waals surface area (Å²) in [4.78, 5) is 4.20. The van der Waals surface area contributed by atoms with Gasteiger partial charge in [0.15, 0.2) is 5.82 Å². The molecule has 0 saturated heterocycles. The number of halogens is 2. The van der Waals surface area contributed by atoms with Gasteiger partial charge in [0.25, 0.3) is 5.89 Å². The first-order valence-electron chi connectivity index (χ1n) is 6.09. The molecule has 2 N–H and O–H groups in total. The molecule has 1 aromatic carbocycles. The van der Waals surface area contributed by atoms with E-state index in [0.717, 1.165) is 0 Å². The normalized spacial score (nSPS) is 11.0. The molecular weight excluding hydrogens is 297 g/mol. The van der Waals surface area contributed by atoms with Crippen molar-refractivity contribution in [2.24, 2.45) is 7.05 Å². The molecule has 8 heteroatoms. The van der Waals surface area contributed by atoms with Gasteiger partial charge in [-0.15, -0.1) is 0 Å². The number of rotatable bonds is 3. The summed E-state index contributed by atoms with van der Waals surface area (Å²) < 4.78 is 20.5. The molecule has 0 aliphatic rings. The van der Waals surface area contributed by atoms with Crippen LogP contribution in [0.2, 0.25) is 5.02 Å². The van der Waals surface area contributed by atoms with Gasteiger partial charge in [-0.2, -0.15) is 10.1 Å². The Morgan fingerprint density at radius 3 is 2.95 bits per heavy atom. The Labute approximate surface area is 124 Å². The number of aryl methyl sites for hydroxylation is 1. The second-order valence-electron chi connectivity index (χ2n) is 4.47. The van der Waals surface area contributed by atoms with Crippen LogP contribution in [0.4, 0.5) is 10.2 Å². The molecule has 0 bridgehead atoms. The van der Waals surface area contributed by atoms with E-state index in [1.807, 2.05) is 0 Å². The van der Waals surface area contributed by atoms with Crippen molar-refractivity contribution in [2.45, 2.75) is 6.42 Å². The highest BCUT2D eigenvalue weighted by molar-refractivity contribution is 6.30. The van der Waals surface area contributed by atoms with Crippen molar-refractivity contribution >= 4 is 17.4 Å². The minimum atomic E-state index is -0.480. The van der Waals surface area contributed by atoms with Gasteiger partial charge in [-0.1, -0.05) is 28.9 Å². The molecule has 108 valence electrons. The largest absolute Gasteiger partial charge is 0.383 e. The molecule has 21 heavy (non-hydrogen) atoms. The van der Waals surface area contributed by atoms with Crippen LogP contribution in [0, 0.1) is 5.82 Å². The van der Waals surface area contributed by atoms with E-state index in [-0.39, 0.29) is 17.3 Å². The van der Waals surface area contributed by atoms with Gasteiger partial charge in [0.05, 0.1) is 11.2 Å². The Morgan fingerprint density at radius 1 is 1.43 bits per heavy atom. The molecule has 0 radical (unpaired) electrons. The summed E-state index contributed by atoms with van der Waals surface area (Å²) in [7, 11) is 1.71.